The van der Waals surface area contributed by atoms with E-state index in [0.717, 1.165) is 39.5 Å². The lowest BCUT2D eigenvalue weighted by atomic mass is 10.2. The van der Waals surface area contributed by atoms with Crippen LogP contribution in [0.1, 0.15) is 42.5 Å². The van der Waals surface area contributed by atoms with Gasteiger partial charge in [0.05, 0.1) is 5.75 Å². The first-order valence-corrected chi connectivity index (χ1v) is 9.62. The summed E-state index contributed by atoms with van der Waals surface area (Å²) in [5.41, 5.74) is 3.00. The van der Waals surface area contributed by atoms with Crippen LogP contribution in [0.15, 0.2) is 10.4 Å². The molecule has 0 aliphatic carbocycles. The summed E-state index contributed by atoms with van der Waals surface area (Å²) >= 11 is 2.96. The van der Waals surface area contributed by atoms with Gasteiger partial charge in [-0.05, 0) is 32.8 Å². The highest BCUT2D eigenvalue weighted by Gasteiger charge is 2.16. The average Bonchev–Trinajstić information content (AvgIpc) is 3.07. The fraction of sp³-hybridized carbons (Fsp3) is 0.562. The Hall–Kier alpha value is -1.34. The van der Waals surface area contributed by atoms with Crippen molar-refractivity contribution in [3.05, 3.63) is 23.0 Å². The highest BCUT2D eigenvalue weighted by molar-refractivity contribution is 8.01. The Morgan fingerprint density at radius 2 is 2.13 bits per heavy atom. The number of thioether (sulfide) groups is 1. The van der Waals surface area contributed by atoms with Crippen molar-refractivity contribution in [1.82, 2.24) is 14.8 Å². The molecule has 7 heteroatoms. The summed E-state index contributed by atoms with van der Waals surface area (Å²) in [4.78, 5) is 12.4. The molecule has 5 nitrogen and oxygen atoms in total. The van der Waals surface area contributed by atoms with Gasteiger partial charge in [0.15, 0.2) is 10.1 Å². The standard InChI is InChI=1S/C16H24N4OS2/c1-6-20-11(4)7-13(12(20)5)14(21)9-22-16-19-18-15(23-16)17-8-10(2)3/h7,10H,6,8-9H2,1-5H3,(H,17,18). The van der Waals surface area contributed by atoms with Gasteiger partial charge in [-0.15, -0.1) is 10.2 Å². The highest BCUT2D eigenvalue weighted by Crippen LogP contribution is 2.27. The van der Waals surface area contributed by atoms with Crippen LogP contribution >= 0.6 is 23.1 Å². The molecule has 0 aliphatic heterocycles. The summed E-state index contributed by atoms with van der Waals surface area (Å²) < 4.78 is 2.99. The Balaban J connectivity index is 1.94. The Kier molecular flexibility index (Phi) is 6.24. The molecule has 0 bridgehead atoms. The van der Waals surface area contributed by atoms with Gasteiger partial charge in [0.2, 0.25) is 5.13 Å². The van der Waals surface area contributed by atoms with Crippen molar-refractivity contribution in [3.63, 3.8) is 0 Å². The number of rotatable bonds is 8. The van der Waals surface area contributed by atoms with E-state index >= 15 is 0 Å². The van der Waals surface area contributed by atoms with Crippen molar-refractivity contribution in [2.75, 3.05) is 17.6 Å². The monoisotopic (exact) mass is 352 g/mol. The number of hydrogen-bond donors (Lipinski definition) is 1. The first-order valence-electron chi connectivity index (χ1n) is 7.82. The predicted molar refractivity (Wildman–Crippen MR) is 97.9 cm³/mol. The second-order valence-electron chi connectivity index (χ2n) is 5.89. The number of nitrogens with zero attached hydrogens (tertiary/aromatic N) is 3. The molecule has 0 spiro atoms. The van der Waals surface area contributed by atoms with Crippen molar-refractivity contribution >= 4 is 34.0 Å². The van der Waals surface area contributed by atoms with E-state index in [1.807, 2.05) is 19.9 Å². The van der Waals surface area contributed by atoms with Crippen LogP contribution in [0.25, 0.3) is 0 Å². The largest absolute Gasteiger partial charge is 0.360 e. The molecule has 0 radical (unpaired) electrons. The molecule has 0 fully saturated rings. The molecule has 2 rings (SSSR count). The third-order valence-corrected chi connectivity index (χ3v) is 5.60. The zero-order valence-corrected chi connectivity index (χ0v) is 16.0. The number of ketones is 1. The van der Waals surface area contributed by atoms with Crippen molar-refractivity contribution in [1.29, 1.82) is 0 Å². The lowest BCUT2D eigenvalue weighted by molar-refractivity contribution is 0.102. The topological polar surface area (TPSA) is 59.8 Å². The predicted octanol–water partition coefficient (Wildman–Crippen LogP) is 4.02. The fourth-order valence-corrected chi connectivity index (χ4v) is 4.05. The van der Waals surface area contributed by atoms with Crippen molar-refractivity contribution < 1.29 is 4.79 Å². The van der Waals surface area contributed by atoms with Gasteiger partial charge in [-0.25, -0.2) is 0 Å². The van der Waals surface area contributed by atoms with Crippen LogP contribution in [-0.2, 0) is 6.54 Å². The van der Waals surface area contributed by atoms with Gasteiger partial charge in [0, 0.05) is 30.0 Å². The third kappa shape index (κ3) is 4.57. The maximum atomic E-state index is 12.4. The Morgan fingerprint density at radius 1 is 1.39 bits per heavy atom. The normalized spacial score (nSPS) is 11.2. The second-order valence-corrected chi connectivity index (χ2v) is 8.09. The minimum atomic E-state index is 0.148. The van der Waals surface area contributed by atoms with E-state index in [2.05, 4.69) is 40.9 Å². The zero-order chi connectivity index (χ0) is 17.0. The summed E-state index contributed by atoms with van der Waals surface area (Å²) in [6, 6.07) is 1.98. The first kappa shape index (κ1) is 18.0. The van der Waals surface area contributed by atoms with E-state index in [0.29, 0.717) is 11.7 Å². The van der Waals surface area contributed by atoms with Gasteiger partial charge in [-0.1, -0.05) is 36.9 Å². The van der Waals surface area contributed by atoms with E-state index in [1.54, 1.807) is 0 Å². The van der Waals surface area contributed by atoms with Crippen molar-refractivity contribution in [2.24, 2.45) is 5.92 Å². The summed E-state index contributed by atoms with van der Waals surface area (Å²) in [5, 5.41) is 12.3. The maximum Gasteiger partial charge on any atom is 0.206 e. The van der Waals surface area contributed by atoms with Crippen LogP contribution in [0.5, 0.6) is 0 Å². The number of hydrogen-bond acceptors (Lipinski definition) is 6. The molecular formula is C16H24N4OS2. The zero-order valence-electron chi connectivity index (χ0n) is 14.3. The SMILES string of the molecule is CCn1c(C)cc(C(=O)CSc2nnc(NCC(C)C)s2)c1C. The highest BCUT2D eigenvalue weighted by atomic mass is 32.2. The minimum Gasteiger partial charge on any atom is -0.360 e. The van der Waals surface area contributed by atoms with E-state index in [4.69, 9.17) is 0 Å². The number of anilines is 1. The first-order chi connectivity index (χ1) is 10.9. The molecule has 2 aromatic rings. The van der Waals surface area contributed by atoms with Crippen LogP contribution in [-0.4, -0.2) is 32.8 Å². The van der Waals surface area contributed by atoms with Crippen molar-refractivity contribution in [3.8, 4) is 0 Å². The van der Waals surface area contributed by atoms with E-state index in [1.165, 1.54) is 23.1 Å². The van der Waals surface area contributed by atoms with Gasteiger partial charge >= 0.3 is 0 Å². The van der Waals surface area contributed by atoms with E-state index in [-0.39, 0.29) is 5.78 Å². The van der Waals surface area contributed by atoms with E-state index in [9.17, 15) is 4.79 Å². The van der Waals surface area contributed by atoms with Gasteiger partial charge in [-0.2, -0.15) is 0 Å². The number of nitrogens with one attached hydrogen (secondary N) is 1. The smallest absolute Gasteiger partial charge is 0.206 e. The van der Waals surface area contributed by atoms with Crippen LogP contribution in [0.4, 0.5) is 5.13 Å². The molecular weight excluding hydrogens is 328 g/mol. The Labute approximate surface area is 145 Å². The molecule has 0 saturated heterocycles. The molecule has 0 unspecified atom stereocenters. The van der Waals surface area contributed by atoms with Crippen molar-refractivity contribution in [2.45, 2.75) is 45.5 Å². The van der Waals surface area contributed by atoms with E-state index < -0.39 is 0 Å². The summed E-state index contributed by atoms with van der Waals surface area (Å²) in [6.45, 7) is 12.2. The summed E-state index contributed by atoms with van der Waals surface area (Å²) in [5.74, 6) is 1.10. The molecule has 1 N–H and O–H groups in total. The molecule has 2 aromatic heterocycles. The van der Waals surface area contributed by atoms with Gasteiger partial charge < -0.3 is 9.88 Å². The molecule has 23 heavy (non-hydrogen) atoms. The number of Topliss-reactive ketones (excluding diaryl/α,β-unsaturated/α-hetero) is 1. The number of carbonyl (C=O) groups is 1. The van der Waals surface area contributed by atoms with Crippen LogP contribution < -0.4 is 5.32 Å². The van der Waals surface area contributed by atoms with Crippen LogP contribution in [0.3, 0.4) is 0 Å². The lowest BCUT2D eigenvalue weighted by Gasteiger charge is -2.05. The molecule has 126 valence electrons. The maximum absolute atomic E-state index is 12.4. The summed E-state index contributed by atoms with van der Waals surface area (Å²) in [6.07, 6.45) is 0. The minimum absolute atomic E-state index is 0.148. The lowest BCUT2D eigenvalue weighted by Crippen LogP contribution is -2.07. The quantitative estimate of drug-likeness (QED) is 0.574. The van der Waals surface area contributed by atoms with Gasteiger partial charge in [-0.3, -0.25) is 4.79 Å². The van der Waals surface area contributed by atoms with Gasteiger partial charge in [0.25, 0.3) is 0 Å². The van der Waals surface area contributed by atoms with Gasteiger partial charge in [0.1, 0.15) is 0 Å². The Morgan fingerprint density at radius 3 is 2.74 bits per heavy atom. The average molecular weight is 353 g/mol. The molecule has 0 aliphatic rings. The fourth-order valence-electron chi connectivity index (χ4n) is 2.41. The third-order valence-electron chi connectivity index (χ3n) is 3.59. The second kappa shape index (κ2) is 7.97. The van der Waals surface area contributed by atoms with Crippen LogP contribution in [0, 0.1) is 19.8 Å². The molecule has 0 saturated carbocycles. The molecule has 0 atom stereocenters. The Bertz CT molecular complexity index is 676. The molecule has 0 amide bonds. The number of carbonyl (C=O) groups excluding carboxylic acids is 1. The number of aryl methyl sites for hydroxylation is 1. The summed E-state index contributed by atoms with van der Waals surface area (Å²) in [7, 11) is 0. The molecule has 0 aromatic carbocycles. The van der Waals surface area contributed by atoms with Crippen LogP contribution in [0.2, 0.25) is 0 Å². The molecule has 2 heterocycles. The number of aromatic nitrogens is 3.